The van der Waals surface area contributed by atoms with E-state index in [1.807, 2.05) is 19.1 Å². The van der Waals surface area contributed by atoms with Crippen LogP contribution in [0.5, 0.6) is 5.75 Å². The van der Waals surface area contributed by atoms with Crippen LogP contribution in [0.25, 0.3) is 0 Å². The quantitative estimate of drug-likeness (QED) is 0.877. The Kier molecular flexibility index (Phi) is 6.23. The van der Waals surface area contributed by atoms with Crippen LogP contribution in [0.4, 0.5) is 0 Å². The molecular formula is C18H26N2O2. The third-order valence-electron chi connectivity index (χ3n) is 4.38. The number of benzene rings is 1. The highest BCUT2D eigenvalue weighted by molar-refractivity contribution is 5.42. The second-order valence-electron chi connectivity index (χ2n) is 6.21. The van der Waals surface area contributed by atoms with E-state index in [1.165, 1.54) is 32.1 Å². The van der Waals surface area contributed by atoms with Crippen molar-refractivity contribution in [2.75, 3.05) is 13.7 Å². The molecule has 0 aliphatic heterocycles. The molecule has 0 saturated heterocycles. The van der Waals surface area contributed by atoms with Crippen molar-refractivity contribution in [1.82, 2.24) is 4.90 Å². The van der Waals surface area contributed by atoms with Gasteiger partial charge in [-0.25, -0.2) is 0 Å². The van der Waals surface area contributed by atoms with Gasteiger partial charge in [-0.05, 0) is 31.9 Å². The summed E-state index contributed by atoms with van der Waals surface area (Å²) in [5.74, 6) is 0.755. The number of nitrogens with zero attached hydrogens (tertiary/aromatic N) is 2. The summed E-state index contributed by atoms with van der Waals surface area (Å²) in [5.41, 5.74) is 1.69. The van der Waals surface area contributed by atoms with Crippen LogP contribution in [0.1, 0.15) is 50.2 Å². The summed E-state index contributed by atoms with van der Waals surface area (Å²) >= 11 is 0. The van der Waals surface area contributed by atoms with Crippen molar-refractivity contribution >= 4 is 0 Å². The van der Waals surface area contributed by atoms with E-state index in [-0.39, 0.29) is 6.10 Å². The van der Waals surface area contributed by atoms with Crippen molar-refractivity contribution < 1.29 is 9.84 Å². The maximum Gasteiger partial charge on any atom is 0.124 e. The molecule has 1 fully saturated rings. The van der Waals surface area contributed by atoms with Gasteiger partial charge < -0.3 is 9.84 Å². The maximum atomic E-state index is 9.82. The molecule has 22 heavy (non-hydrogen) atoms. The molecule has 0 bridgehead atoms. The van der Waals surface area contributed by atoms with Gasteiger partial charge in [-0.15, -0.1) is 0 Å². The molecule has 1 atom stereocenters. The van der Waals surface area contributed by atoms with Crippen LogP contribution < -0.4 is 4.74 Å². The average molecular weight is 302 g/mol. The first-order valence-electron chi connectivity index (χ1n) is 8.13. The fraction of sp³-hybridized carbons (Fsp3) is 0.611. The van der Waals surface area contributed by atoms with E-state index in [9.17, 15) is 5.11 Å². The average Bonchev–Trinajstić information content (AvgIpc) is 2.55. The molecule has 4 heteroatoms. The van der Waals surface area contributed by atoms with Gasteiger partial charge in [0, 0.05) is 24.7 Å². The second-order valence-corrected chi connectivity index (χ2v) is 6.21. The smallest absolute Gasteiger partial charge is 0.124 e. The zero-order valence-electron chi connectivity index (χ0n) is 13.6. The van der Waals surface area contributed by atoms with Gasteiger partial charge in [0.1, 0.15) is 5.75 Å². The van der Waals surface area contributed by atoms with E-state index in [0.29, 0.717) is 18.2 Å². The molecule has 0 radical (unpaired) electrons. The standard InChI is InChI=1S/C18H26N2O2/c1-14(21)12-20(17-6-4-3-5-7-17)13-16-9-8-15(11-19)10-18(16)22-2/h8-10,14,17,21H,3-7,12-13H2,1-2H3. The van der Waals surface area contributed by atoms with Gasteiger partial charge in [0.05, 0.1) is 24.8 Å². The SMILES string of the molecule is COc1cc(C#N)ccc1CN(CC(C)O)C1CCCCC1. The Hall–Kier alpha value is -1.57. The summed E-state index contributed by atoms with van der Waals surface area (Å²) < 4.78 is 5.44. The molecule has 0 amide bonds. The zero-order valence-corrected chi connectivity index (χ0v) is 13.6. The Morgan fingerprint density at radius 2 is 2.09 bits per heavy atom. The minimum Gasteiger partial charge on any atom is -0.496 e. The molecule has 1 saturated carbocycles. The van der Waals surface area contributed by atoms with Crippen LogP contribution >= 0.6 is 0 Å². The Bertz CT molecular complexity index is 516. The van der Waals surface area contributed by atoms with Gasteiger partial charge in [0.25, 0.3) is 0 Å². The highest BCUT2D eigenvalue weighted by Crippen LogP contribution is 2.27. The largest absolute Gasteiger partial charge is 0.496 e. The number of methoxy groups -OCH3 is 1. The van der Waals surface area contributed by atoms with E-state index >= 15 is 0 Å². The molecule has 1 unspecified atom stereocenters. The number of hydrogen-bond acceptors (Lipinski definition) is 4. The molecule has 1 aromatic carbocycles. The lowest BCUT2D eigenvalue weighted by Crippen LogP contribution is -2.40. The van der Waals surface area contributed by atoms with Gasteiger partial charge >= 0.3 is 0 Å². The second kappa shape index (κ2) is 8.17. The summed E-state index contributed by atoms with van der Waals surface area (Å²) in [6.45, 7) is 3.27. The van der Waals surface area contributed by atoms with Gasteiger partial charge in [0.2, 0.25) is 0 Å². The molecule has 2 rings (SSSR count). The third-order valence-corrected chi connectivity index (χ3v) is 4.38. The number of aliphatic hydroxyl groups excluding tert-OH is 1. The summed E-state index contributed by atoms with van der Waals surface area (Å²) in [7, 11) is 1.64. The lowest BCUT2D eigenvalue weighted by atomic mass is 9.93. The monoisotopic (exact) mass is 302 g/mol. The first kappa shape index (κ1) is 16.8. The summed E-state index contributed by atoms with van der Waals surface area (Å²) in [6, 6.07) is 8.26. The summed E-state index contributed by atoms with van der Waals surface area (Å²) in [6.07, 6.45) is 5.92. The number of ether oxygens (including phenoxy) is 1. The topological polar surface area (TPSA) is 56.5 Å². The van der Waals surface area contributed by atoms with Gasteiger partial charge in [-0.3, -0.25) is 4.90 Å². The van der Waals surface area contributed by atoms with E-state index in [4.69, 9.17) is 10.00 Å². The fourth-order valence-electron chi connectivity index (χ4n) is 3.29. The Morgan fingerprint density at radius 1 is 1.36 bits per heavy atom. The highest BCUT2D eigenvalue weighted by atomic mass is 16.5. The van der Waals surface area contributed by atoms with Crippen molar-refractivity contribution in [3.8, 4) is 11.8 Å². The van der Waals surface area contributed by atoms with Crippen LogP contribution in [0.3, 0.4) is 0 Å². The molecule has 0 heterocycles. The first-order chi connectivity index (χ1) is 10.6. The number of rotatable bonds is 6. The Morgan fingerprint density at radius 3 is 2.68 bits per heavy atom. The zero-order chi connectivity index (χ0) is 15.9. The molecule has 4 nitrogen and oxygen atoms in total. The Balaban J connectivity index is 2.17. The van der Waals surface area contributed by atoms with E-state index in [0.717, 1.165) is 17.9 Å². The van der Waals surface area contributed by atoms with Crippen molar-refractivity contribution in [2.24, 2.45) is 0 Å². The number of hydrogen-bond donors (Lipinski definition) is 1. The van der Waals surface area contributed by atoms with Crippen LogP contribution in [-0.4, -0.2) is 35.8 Å². The molecular weight excluding hydrogens is 276 g/mol. The third kappa shape index (κ3) is 4.46. The molecule has 120 valence electrons. The van der Waals surface area contributed by atoms with Crippen molar-refractivity contribution in [3.05, 3.63) is 29.3 Å². The lowest BCUT2D eigenvalue weighted by Gasteiger charge is -2.35. The molecule has 1 aromatic rings. The van der Waals surface area contributed by atoms with Crippen LogP contribution in [0.15, 0.2) is 18.2 Å². The number of nitriles is 1. The van der Waals surface area contributed by atoms with Gasteiger partial charge in [0.15, 0.2) is 0 Å². The first-order valence-corrected chi connectivity index (χ1v) is 8.13. The predicted octanol–water partition coefficient (Wildman–Crippen LogP) is 3.08. The Labute approximate surface area is 133 Å². The molecule has 1 aliphatic carbocycles. The molecule has 1 N–H and O–H groups in total. The van der Waals surface area contributed by atoms with Gasteiger partial charge in [-0.2, -0.15) is 5.26 Å². The molecule has 0 aromatic heterocycles. The predicted molar refractivity (Wildman–Crippen MR) is 86.7 cm³/mol. The maximum absolute atomic E-state index is 9.82. The van der Waals surface area contributed by atoms with E-state index in [1.54, 1.807) is 13.2 Å². The van der Waals surface area contributed by atoms with Crippen LogP contribution in [0.2, 0.25) is 0 Å². The summed E-state index contributed by atoms with van der Waals surface area (Å²) in [4.78, 5) is 2.37. The molecule has 0 spiro atoms. The summed E-state index contributed by atoms with van der Waals surface area (Å²) in [5, 5.41) is 18.8. The minimum absolute atomic E-state index is 0.341. The number of aliphatic hydroxyl groups is 1. The van der Waals surface area contributed by atoms with E-state index in [2.05, 4.69) is 11.0 Å². The minimum atomic E-state index is -0.341. The highest BCUT2D eigenvalue weighted by Gasteiger charge is 2.23. The normalized spacial score (nSPS) is 17.2. The van der Waals surface area contributed by atoms with Crippen LogP contribution in [-0.2, 0) is 6.54 Å². The van der Waals surface area contributed by atoms with Crippen molar-refractivity contribution in [1.29, 1.82) is 5.26 Å². The van der Waals surface area contributed by atoms with E-state index < -0.39 is 0 Å². The fourth-order valence-corrected chi connectivity index (χ4v) is 3.29. The lowest BCUT2D eigenvalue weighted by molar-refractivity contribution is 0.0763. The van der Waals surface area contributed by atoms with Crippen LogP contribution in [0, 0.1) is 11.3 Å². The van der Waals surface area contributed by atoms with Gasteiger partial charge in [-0.1, -0.05) is 25.3 Å². The molecule has 1 aliphatic rings. The van der Waals surface area contributed by atoms with Crippen molar-refractivity contribution in [3.63, 3.8) is 0 Å². The van der Waals surface area contributed by atoms with Crippen molar-refractivity contribution in [2.45, 2.75) is 57.7 Å².